The lowest BCUT2D eigenvalue weighted by Gasteiger charge is -2.22. The Labute approximate surface area is 119 Å². The van der Waals surface area contributed by atoms with Gasteiger partial charge < -0.3 is 16.0 Å². The molecule has 20 heavy (non-hydrogen) atoms. The molecular formula is C14H20N6. The molecule has 6 nitrogen and oxygen atoms in total. The van der Waals surface area contributed by atoms with Crippen LogP contribution in [-0.4, -0.2) is 28.5 Å². The van der Waals surface area contributed by atoms with E-state index in [0.29, 0.717) is 12.4 Å². The first kappa shape index (κ1) is 14.0. The molecular weight excluding hydrogens is 252 g/mol. The standard InChI is InChI=1S/C14H20N6/c1-4-20(9-11-7-5-6-10(2)17-11)13-8-12(16-3)18-14(15)19-13/h5-8H,4,9H2,1-3H3,(H3,15,16,18,19). The third-order valence-electron chi connectivity index (χ3n) is 2.99. The first-order chi connectivity index (χ1) is 9.62. The van der Waals surface area contributed by atoms with Gasteiger partial charge in [-0.2, -0.15) is 9.97 Å². The van der Waals surface area contributed by atoms with Crippen LogP contribution < -0.4 is 16.0 Å². The quantitative estimate of drug-likeness (QED) is 0.864. The monoisotopic (exact) mass is 272 g/mol. The fraction of sp³-hybridized carbons (Fsp3) is 0.357. The van der Waals surface area contributed by atoms with Crippen LogP contribution in [0.2, 0.25) is 0 Å². The zero-order chi connectivity index (χ0) is 14.5. The molecule has 106 valence electrons. The Morgan fingerprint density at radius 3 is 2.70 bits per heavy atom. The Morgan fingerprint density at radius 1 is 1.25 bits per heavy atom. The Bertz CT molecular complexity index is 584. The largest absolute Gasteiger partial charge is 0.373 e. The Balaban J connectivity index is 2.26. The highest BCUT2D eigenvalue weighted by Gasteiger charge is 2.10. The maximum Gasteiger partial charge on any atom is 0.223 e. The molecule has 2 rings (SSSR count). The van der Waals surface area contributed by atoms with Crippen molar-refractivity contribution >= 4 is 17.6 Å². The molecule has 0 bridgehead atoms. The van der Waals surface area contributed by atoms with Crippen molar-refractivity contribution in [2.24, 2.45) is 0 Å². The van der Waals surface area contributed by atoms with Crippen LogP contribution in [0.3, 0.4) is 0 Å². The van der Waals surface area contributed by atoms with Crippen LogP contribution in [0.4, 0.5) is 17.6 Å². The summed E-state index contributed by atoms with van der Waals surface area (Å²) >= 11 is 0. The highest BCUT2D eigenvalue weighted by molar-refractivity contribution is 5.52. The van der Waals surface area contributed by atoms with Crippen molar-refractivity contribution in [1.82, 2.24) is 15.0 Å². The predicted molar refractivity (Wildman–Crippen MR) is 81.7 cm³/mol. The van der Waals surface area contributed by atoms with Gasteiger partial charge in [0.25, 0.3) is 0 Å². The molecule has 6 heteroatoms. The summed E-state index contributed by atoms with van der Waals surface area (Å²) in [5.41, 5.74) is 7.76. The van der Waals surface area contributed by atoms with Crippen LogP contribution in [0.25, 0.3) is 0 Å². The molecule has 0 saturated carbocycles. The van der Waals surface area contributed by atoms with E-state index in [9.17, 15) is 0 Å². The van der Waals surface area contributed by atoms with Gasteiger partial charge in [0, 0.05) is 25.4 Å². The zero-order valence-electron chi connectivity index (χ0n) is 12.1. The molecule has 2 aromatic heterocycles. The molecule has 0 amide bonds. The Morgan fingerprint density at radius 2 is 2.05 bits per heavy atom. The van der Waals surface area contributed by atoms with Crippen molar-refractivity contribution in [3.63, 3.8) is 0 Å². The molecule has 2 aromatic rings. The number of nitrogens with two attached hydrogens (primary N) is 1. The first-order valence-electron chi connectivity index (χ1n) is 6.62. The van der Waals surface area contributed by atoms with E-state index in [2.05, 4.69) is 32.1 Å². The van der Waals surface area contributed by atoms with Crippen molar-refractivity contribution in [3.05, 3.63) is 35.7 Å². The number of anilines is 3. The van der Waals surface area contributed by atoms with Crippen molar-refractivity contribution in [2.75, 3.05) is 29.5 Å². The fourth-order valence-electron chi connectivity index (χ4n) is 1.98. The Hall–Kier alpha value is -2.37. The third kappa shape index (κ3) is 3.34. The van der Waals surface area contributed by atoms with Gasteiger partial charge in [0.15, 0.2) is 0 Å². The minimum atomic E-state index is 0.266. The molecule has 0 spiro atoms. The SMILES string of the molecule is CCN(Cc1cccc(C)n1)c1cc(NC)nc(N)n1. The smallest absolute Gasteiger partial charge is 0.223 e. The summed E-state index contributed by atoms with van der Waals surface area (Å²) in [4.78, 5) is 15.0. The second-order valence-corrected chi connectivity index (χ2v) is 4.50. The number of nitrogens with one attached hydrogen (secondary N) is 1. The molecule has 0 atom stereocenters. The van der Waals surface area contributed by atoms with Crippen molar-refractivity contribution < 1.29 is 0 Å². The molecule has 0 unspecified atom stereocenters. The second-order valence-electron chi connectivity index (χ2n) is 4.50. The van der Waals surface area contributed by atoms with E-state index in [-0.39, 0.29) is 5.95 Å². The average Bonchev–Trinajstić information content (AvgIpc) is 2.44. The maximum absolute atomic E-state index is 5.74. The van der Waals surface area contributed by atoms with E-state index >= 15 is 0 Å². The highest BCUT2D eigenvalue weighted by atomic mass is 15.2. The topological polar surface area (TPSA) is 80.0 Å². The van der Waals surface area contributed by atoms with Crippen molar-refractivity contribution in [1.29, 1.82) is 0 Å². The van der Waals surface area contributed by atoms with Gasteiger partial charge in [-0.1, -0.05) is 6.07 Å². The number of nitrogen functional groups attached to an aromatic ring is 1. The number of pyridine rings is 1. The number of hydrogen-bond donors (Lipinski definition) is 2. The van der Waals surface area contributed by atoms with Gasteiger partial charge in [-0.25, -0.2) is 0 Å². The Kier molecular flexibility index (Phi) is 4.34. The molecule has 3 N–H and O–H groups in total. The van der Waals surface area contributed by atoms with Crippen molar-refractivity contribution in [3.8, 4) is 0 Å². The lowest BCUT2D eigenvalue weighted by atomic mass is 10.3. The predicted octanol–water partition coefficient (Wildman–Crippen LogP) is 1.83. The minimum Gasteiger partial charge on any atom is -0.373 e. The lowest BCUT2D eigenvalue weighted by molar-refractivity contribution is 0.789. The number of hydrogen-bond acceptors (Lipinski definition) is 6. The fourth-order valence-corrected chi connectivity index (χ4v) is 1.98. The van der Waals surface area contributed by atoms with Crippen LogP contribution in [0.5, 0.6) is 0 Å². The summed E-state index contributed by atoms with van der Waals surface area (Å²) in [6.45, 7) is 5.57. The molecule has 0 aromatic carbocycles. The summed E-state index contributed by atoms with van der Waals surface area (Å²) in [6.07, 6.45) is 0. The van der Waals surface area contributed by atoms with E-state index in [4.69, 9.17) is 5.73 Å². The summed E-state index contributed by atoms with van der Waals surface area (Å²) in [7, 11) is 1.81. The van der Waals surface area contributed by atoms with Crippen LogP contribution in [0, 0.1) is 6.92 Å². The molecule has 0 saturated heterocycles. The van der Waals surface area contributed by atoms with Gasteiger partial charge in [-0.05, 0) is 26.0 Å². The van der Waals surface area contributed by atoms with Crippen LogP contribution in [0.15, 0.2) is 24.3 Å². The minimum absolute atomic E-state index is 0.266. The molecule has 0 radical (unpaired) electrons. The van der Waals surface area contributed by atoms with Crippen LogP contribution in [-0.2, 0) is 6.54 Å². The van der Waals surface area contributed by atoms with Gasteiger partial charge in [0.05, 0.1) is 12.2 Å². The number of aromatic nitrogens is 3. The summed E-state index contributed by atoms with van der Waals surface area (Å²) < 4.78 is 0. The molecule has 0 fully saturated rings. The first-order valence-corrected chi connectivity index (χ1v) is 6.62. The van der Waals surface area contributed by atoms with E-state index in [1.807, 2.05) is 38.2 Å². The summed E-state index contributed by atoms with van der Waals surface area (Å²) in [5, 5.41) is 2.99. The van der Waals surface area contributed by atoms with Gasteiger partial charge >= 0.3 is 0 Å². The summed E-state index contributed by atoms with van der Waals surface area (Å²) in [5.74, 6) is 1.78. The van der Waals surface area contributed by atoms with E-state index in [1.165, 1.54) is 0 Å². The van der Waals surface area contributed by atoms with Crippen molar-refractivity contribution in [2.45, 2.75) is 20.4 Å². The lowest BCUT2D eigenvalue weighted by Crippen LogP contribution is -2.24. The molecule has 0 aliphatic heterocycles. The van der Waals surface area contributed by atoms with E-state index < -0.39 is 0 Å². The zero-order valence-corrected chi connectivity index (χ0v) is 12.1. The average molecular weight is 272 g/mol. The molecule has 0 aliphatic rings. The third-order valence-corrected chi connectivity index (χ3v) is 2.99. The molecule has 2 heterocycles. The summed E-state index contributed by atoms with van der Waals surface area (Å²) in [6, 6.07) is 7.90. The van der Waals surface area contributed by atoms with Gasteiger partial charge in [0.2, 0.25) is 5.95 Å². The van der Waals surface area contributed by atoms with E-state index in [0.717, 1.165) is 23.8 Å². The molecule has 0 aliphatic carbocycles. The highest BCUT2D eigenvalue weighted by Crippen LogP contribution is 2.18. The normalized spacial score (nSPS) is 10.3. The number of nitrogens with zero attached hydrogens (tertiary/aromatic N) is 4. The number of rotatable bonds is 5. The van der Waals surface area contributed by atoms with Crippen LogP contribution >= 0.6 is 0 Å². The van der Waals surface area contributed by atoms with Gasteiger partial charge in [-0.3, -0.25) is 4.98 Å². The van der Waals surface area contributed by atoms with Gasteiger partial charge in [0.1, 0.15) is 11.6 Å². The second kappa shape index (κ2) is 6.18. The number of aryl methyl sites for hydroxylation is 1. The maximum atomic E-state index is 5.74. The van der Waals surface area contributed by atoms with E-state index in [1.54, 1.807) is 0 Å². The van der Waals surface area contributed by atoms with Crippen LogP contribution in [0.1, 0.15) is 18.3 Å². The van der Waals surface area contributed by atoms with Gasteiger partial charge in [-0.15, -0.1) is 0 Å².